The van der Waals surface area contributed by atoms with E-state index in [2.05, 4.69) is 23.8 Å². The largest absolute Gasteiger partial charge is 0.483 e. The molecule has 3 atom stereocenters. The van der Waals surface area contributed by atoms with Crippen molar-refractivity contribution in [3.8, 4) is 0 Å². The molecule has 0 aromatic heterocycles. The van der Waals surface area contributed by atoms with Crippen LogP contribution in [0.4, 0.5) is 0 Å². The van der Waals surface area contributed by atoms with Crippen LogP contribution in [0.15, 0.2) is 12.8 Å². The van der Waals surface area contributed by atoms with Crippen LogP contribution < -0.4 is 5.32 Å². The van der Waals surface area contributed by atoms with Gasteiger partial charge in [0.1, 0.15) is 0 Å². The van der Waals surface area contributed by atoms with Crippen LogP contribution in [0, 0.1) is 17.8 Å². The van der Waals surface area contributed by atoms with Gasteiger partial charge in [0, 0.05) is 12.0 Å². The minimum absolute atomic E-state index is 0.212. The molecule has 16 heavy (non-hydrogen) atoms. The van der Waals surface area contributed by atoms with Crippen LogP contribution >= 0.6 is 0 Å². The van der Waals surface area contributed by atoms with Crippen molar-refractivity contribution in [2.45, 2.75) is 31.5 Å². The van der Waals surface area contributed by atoms with E-state index in [4.69, 9.17) is 4.74 Å². The smallest absolute Gasteiger partial charge is 0.152 e. The Morgan fingerprint density at radius 1 is 1.38 bits per heavy atom. The molecular formula is C13H22N2O. The fraction of sp³-hybridized carbons (Fsp3) is 0.846. The summed E-state index contributed by atoms with van der Waals surface area (Å²) in [5.41, 5.74) is 0. The summed E-state index contributed by atoms with van der Waals surface area (Å²) in [6, 6.07) is 0.768. The highest BCUT2D eigenvalue weighted by Gasteiger charge is 2.64. The highest BCUT2D eigenvalue weighted by Crippen LogP contribution is 2.62. The number of nitrogens with zero attached hydrogens (tertiary/aromatic N) is 1. The third-order valence-electron chi connectivity index (χ3n) is 4.46. The van der Waals surface area contributed by atoms with Gasteiger partial charge in [0.2, 0.25) is 0 Å². The fourth-order valence-corrected chi connectivity index (χ4v) is 2.94. The summed E-state index contributed by atoms with van der Waals surface area (Å²) in [5, 5.41) is 3.66. The van der Waals surface area contributed by atoms with Gasteiger partial charge >= 0.3 is 0 Å². The van der Waals surface area contributed by atoms with Gasteiger partial charge in [-0.1, -0.05) is 6.58 Å². The maximum Gasteiger partial charge on any atom is 0.152 e. The normalized spacial score (nSPS) is 39.9. The van der Waals surface area contributed by atoms with Gasteiger partial charge in [-0.15, -0.1) is 0 Å². The van der Waals surface area contributed by atoms with E-state index >= 15 is 0 Å². The van der Waals surface area contributed by atoms with Gasteiger partial charge < -0.3 is 9.64 Å². The number of ether oxygens (including phenoxy) is 1. The summed E-state index contributed by atoms with van der Waals surface area (Å²) in [5.74, 6) is 2.64. The Morgan fingerprint density at radius 3 is 2.56 bits per heavy atom. The van der Waals surface area contributed by atoms with Gasteiger partial charge in [-0.05, 0) is 51.2 Å². The molecular weight excluding hydrogens is 200 g/mol. The van der Waals surface area contributed by atoms with Crippen LogP contribution in [0.1, 0.15) is 19.3 Å². The van der Waals surface area contributed by atoms with Crippen molar-refractivity contribution in [2.24, 2.45) is 17.8 Å². The first-order chi connectivity index (χ1) is 7.79. The van der Waals surface area contributed by atoms with Crippen molar-refractivity contribution in [3.63, 3.8) is 0 Å². The first-order valence-electron chi connectivity index (χ1n) is 6.50. The third kappa shape index (κ3) is 1.98. The number of nitrogens with one attached hydrogen (secondary N) is 1. The zero-order chi connectivity index (χ0) is 11.1. The molecule has 0 spiro atoms. The molecule has 3 heteroatoms. The lowest BCUT2D eigenvalue weighted by molar-refractivity contribution is 0.0226. The second kappa shape index (κ2) is 4.04. The van der Waals surface area contributed by atoms with Gasteiger partial charge in [0.05, 0.1) is 6.26 Å². The molecule has 3 rings (SSSR count). The molecule has 1 N–H and O–H groups in total. The van der Waals surface area contributed by atoms with Gasteiger partial charge in [-0.3, -0.25) is 5.32 Å². The first-order valence-corrected chi connectivity index (χ1v) is 6.50. The van der Waals surface area contributed by atoms with E-state index in [0.29, 0.717) is 5.92 Å². The summed E-state index contributed by atoms with van der Waals surface area (Å²) in [4.78, 5) is 2.40. The van der Waals surface area contributed by atoms with Gasteiger partial charge in [0.15, 0.2) is 6.23 Å². The number of rotatable bonds is 5. The number of likely N-dealkylation sites (tertiary alicyclic amines) is 1. The first kappa shape index (κ1) is 10.6. The molecule has 0 bridgehead atoms. The van der Waals surface area contributed by atoms with Crippen LogP contribution in [0.3, 0.4) is 0 Å². The number of hydrogen-bond acceptors (Lipinski definition) is 3. The van der Waals surface area contributed by atoms with Crippen molar-refractivity contribution < 1.29 is 4.74 Å². The fourth-order valence-electron chi connectivity index (χ4n) is 2.94. The van der Waals surface area contributed by atoms with Crippen molar-refractivity contribution >= 4 is 0 Å². The molecule has 1 saturated heterocycles. The number of fused-ring (bicyclic) bond motifs is 1. The van der Waals surface area contributed by atoms with Crippen molar-refractivity contribution in [1.82, 2.24) is 10.2 Å². The molecule has 0 amide bonds. The van der Waals surface area contributed by atoms with Crippen LogP contribution in [-0.4, -0.2) is 37.3 Å². The Morgan fingerprint density at radius 2 is 2.06 bits per heavy atom. The van der Waals surface area contributed by atoms with E-state index in [1.807, 2.05) is 0 Å². The molecule has 0 aromatic carbocycles. The molecule has 3 nitrogen and oxygen atoms in total. The minimum Gasteiger partial charge on any atom is -0.483 e. The van der Waals surface area contributed by atoms with Crippen LogP contribution in [0.25, 0.3) is 0 Å². The van der Waals surface area contributed by atoms with E-state index in [1.165, 1.54) is 32.4 Å². The molecule has 3 aliphatic rings. The monoisotopic (exact) mass is 222 g/mol. The Hall–Kier alpha value is -0.540. The Kier molecular flexibility index (Phi) is 2.68. The maximum atomic E-state index is 5.67. The molecule has 1 heterocycles. The molecule has 0 aromatic rings. The van der Waals surface area contributed by atoms with Gasteiger partial charge in [-0.2, -0.15) is 0 Å². The Labute approximate surface area is 97.8 Å². The molecule has 90 valence electrons. The topological polar surface area (TPSA) is 24.5 Å². The standard InChI is InChI=1S/C13H22N2O/c1-3-16-13(14-12-10-8-11(10)12)9-4-6-15(2)7-5-9/h3,9-14H,1,4-8H2,2H3. The summed E-state index contributed by atoms with van der Waals surface area (Å²) in [7, 11) is 2.20. The van der Waals surface area contributed by atoms with Crippen molar-refractivity contribution in [3.05, 3.63) is 12.8 Å². The van der Waals surface area contributed by atoms with Gasteiger partial charge in [0.25, 0.3) is 0 Å². The molecule has 2 aliphatic carbocycles. The SMILES string of the molecule is C=COC(NC1C2CC21)C1CCN(C)CC1. The summed E-state index contributed by atoms with van der Waals surface area (Å²) in [6.07, 6.45) is 5.74. The highest BCUT2D eigenvalue weighted by molar-refractivity contribution is 5.18. The molecule has 2 saturated carbocycles. The summed E-state index contributed by atoms with van der Waals surface area (Å²) < 4.78 is 5.67. The zero-order valence-corrected chi connectivity index (χ0v) is 10.1. The minimum atomic E-state index is 0.212. The Bertz CT molecular complexity index is 265. The van der Waals surface area contributed by atoms with Crippen LogP contribution in [0.2, 0.25) is 0 Å². The predicted octanol–water partition coefficient (Wildman–Crippen LogP) is 1.42. The number of hydrogen-bond donors (Lipinski definition) is 1. The molecule has 3 unspecified atom stereocenters. The van der Waals surface area contributed by atoms with E-state index in [0.717, 1.165) is 17.9 Å². The van der Waals surface area contributed by atoms with Crippen LogP contribution in [0.5, 0.6) is 0 Å². The van der Waals surface area contributed by atoms with E-state index in [-0.39, 0.29) is 6.23 Å². The summed E-state index contributed by atoms with van der Waals surface area (Å²) >= 11 is 0. The van der Waals surface area contributed by atoms with E-state index in [9.17, 15) is 0 Å². The molecule has 0 radical (unpaired) electrons. The molecule has 1 aliphatic heterocycles. The van der Waals surface area contributed by atoms with Gasteiger partial charge in [-0.25, -0.2) is 0 Å². The average molecular weight is 222 g/mol. The lowest BCUT2D eigenvalue weighted by Crippen LogP contribution is -2.45. The predicted molar refractivity (Wildman–Crippen MR) is 63.8 cm³/mol. The van der Waals surface area contributed by atoms with E-state index in [1.54, 1.807) is 6.26 Å². The zero-order valence-electron chi connectivity index (χ0n) is 10.1. The van der Waals surface area contributed by atoms with Crippen LogP contribution in [-0.2, 0) is 4.74 Å². The lowest BCUT2D eigenvalue weighted by atomic mass is 9.95. The molecule has 3 fully saturated rings. The third-order valence-corrected chi connectivity index (χ3v) is 4.46. The second-order valence-electron chi connectivity index (χ2n) is 5.62. The average Bonchev–Trinajstić information content (AvgIpc) is 3.15. The maximum absolute atomic E-state index is 5.67. The van der Waals surface area contributed by atoms with E-state index < -0.39 is 0 Å². The quantitative estimate of drug-likeness (QED) is 0.562. The van der Waals surface area contributed by atoms with Crippen molar-refractivity contribution in [2.75, 3.05) is 20.1 Å². The Balaban J connectivity index is 1.52. The van der Waals surface area contributed by atoms with Crippen molar-refractivity contribution in [1.29, 1.82) is 0 Å². The number of piperidine rings is 1. The lowest BCUT2D eigenvalue weighted by Gasteiger charge is -2.34. The highest BCUT2D eigenvalue weighted by atomic mass is 16.5. The summed E-state index contributed by atoms with van der Waals surface area (Å²) in [6.45, 7) is 6.09. The second-order valence-corrected chi connectivity index (χ2v) is 5.62.